The van der Waals surface area contributed by atoms with Gasteiger partial charge in [0.05, 0.1) is 7.11 Å². The van der Waals surface area contributed by atoms with Gasteiger partial charge in [-0.15, -0.1) is 0 Å². The molecule has 8 nitrogen and oxygen atoms in total. The zero-order valence-corrected chi connectivity index (χ0v) is 16.5. The van der Waals surface area contributed by atoms with Crippen LogP contribution in [0.1, 0.15) is 35.6 Å². The molecule has 0 bridgehead atoms. The van der Waals surface area contributed by atoms with Crippen molar-refractivity contribution in [3.63, 3.8) is 0 Å². The Morgan fingerprint density at radius 2 is 2.03 bits per heavy atom. The number of amides is 2. The molecule has 1 aliphatic rings. The Morgan fingerprint density at radius 1 is 1.31 bits per heavy atom. The lowest BCUT2D eigenvalue weighted by molar-refractivity contribution is -0.131. The SMILES string of the molecule is COc1ccc([C@@H](C)[C@@H](N=[N+]=[N-])C(=O)N2C(=O)OC[C@@H]2c2ccccc2)c(C)c1. The number of benzene rings is 2. The molecule has 1 heterocycles. The van der Waals surface area contributed by atoms with Crippen molar-refractivity contribution >= 4 is 12.0 Å². The summed E-state index contributed by atoms with van der Waals surface area (Å²) in [5.41, 5.74) is 11.6. The van der Waals surface area contributed by atoms with Gasteiger partial charge < -0.3 is 9.47 Å². The Kier molecular flexibility index (Phi) is 6.04. The first kappa shape index (κ1) is 20.2. The lowest BCUT2D eigenvalue weighted by Crippen LogP contribution is -2.42. The summed E-state index contributed by atoms with van der Waals surface area (Å²) in [5.74, 6) is -0.339. The van der Waals surface area contributed by atoms with Crippen LogP contribution in [-0.2, 0) is 9.53 Å². The molecule has 3 atom stereocenters. The fourth-order valence-corrected chi connectivity index (χ4v) is 3.60. The maximum Gasteiger partial charge on any atom is 0.417 e. The van der Waals surface area contributed by atoms with Gasteiger partial charge in [0.1, 0.15) is 24.4 Å². The quantitative estimate of drug-likeness (QED) is 0.408. The first-order valence-electron chi connectivity index (χ1n) is 9.21. The van der Waals surface area contributed by atoms with Crippen LogP contribution < -0.4 is 4.74 Å². The first-order valence-corrected chi connectivity index (χ1v) is 9.21. The molecule has 0 N–H and O–H groups in total. The van der Waals surface area contributed by atoms with Gasteiger partial charge in [0.2, 0.25) is 5.91 Å². The molecule has 0 radical (unpaired) electrons. The summed E-state index contributed by atoms with van der Waals surface area (Å²) in [6, 6.07) is 13.0. The topological polar surface area (TPSA) is 105 Å². The van der Waals surface area contributed by atoms with Crippen LogP contribution in [0.3, 0.4) is 0 Å². The number of carbonyl (C=O) groups is 2. The van der Waals surface area contributed by atoms with E-state index in [2.05, 4.69) is 10.0 Å². The maximum atomic E-state index is 13.3. The highest BCUT2D eigenvalue weighted by Gasteiger charge is 2.43. The summed E-state index contributed by atoms with van der Waals surface area (Å²) in [7, 11) is 1.58. The largest absolute Gasteiger partial charge is 0.497 e. The highest BCUT2D eigenvalue weighted by molar-refractivity contribution is 5.97. The molecule has 1 saturated heterocycles. The van der Waals surface area contributed by atoms with Gasteiger partial charge in [-0.2, -0.15) is 0 Å². The van der Waals surface area contributed by atoms with Crippen molar-refractivity contribution in [1.82, 2.24) is 4.90 Å². The van der Waals surface area contributed by atoms with Crippen molar-refractivity contribution in [3.05, 3.63) is 75.7 Å². The minimum Gasteiger partial charge on any atom is -0.497 e. The van der Waals surface area contributed by atoms with Crippen LogP contribution in [0, 0.1) is 6.92 Å². The molecule has 29 heavy (non-hydrogen) atoms. The molecular formula is C21H22N4O4. The highest BCUT2D eigenvalue weighted by atomic mass is 16.6. The van der Waals surface area contributed by atoms with Crippen molar-refractivity contribution < 1.29 is 19.1 Å². The van der Waals surface area contributed by atoms with Gasteiger partial charge in [0.15, 0.2) is 0 Å². The molecule has 0 spiro atoms. The van der Waals surface area contributed by atoms with E-state index in [4.69, 9.17) is 15.0 Å². The van der Waals surface area contributed by atoms with Crippen molar-refractivity contribution in [2.24, 2.45) is 5.11 Å². The number of methoxy groups -OCH3 is 1. The predicted octanol–water partition coefficient (Wildman–Crippen LogP) is 4.51. The molecule has 1 fully saturated rings. The Morgan fingerprint density at radius 3 is 2.66 bits per heavy atom. The Bertz CT molecular complexity index is 956. The molecule has 2 aromatic rings. The number of hydrogen-bond acceptors (Lipinski definition) is 5. The normalized spacial score (nSPS) is 17.8. The third-order valence-corrected chi connectivity index (χ3v) is 5.17. The molecule has 0 aliphatic carbocycles. The predicted molar refractivity (Wildman–Crippen MR) is 106 cm³/mol. The smallest absolute Gasteiger partial charge is 0.417 e. The fraction of sp³-hybridized carbons (Fsp3) is 0.333. The van der Waals surface area contributed by atoms with Gasteiger partial charge >= 0.3 is 6.09 Å². The lowest BCUT2D eigenvalue weighted by Gasteiger charge is -2.27. The number of nitrogens with zero attached hydrogens (tertiary/aromatic N) is 4. The molecule has 2 amide bonds. The summed E-state index contributed by atoms with van der Waals surface area (Å²) < 4.78 is 10.4. The van der Waals surface area contributed by atoms with Crippen LogP contribution in [0.25, 0.3) is 10.4 Å². The number of ether oxygens (including phenoxy) is 2. The number of carbonyl (C=O) groups excluding carboxylic acids is 2. The second-order valence-electron chi connectivity index (χ2n) is 6.87. The Balaban J connectivity index is 1.94. The molecule has 0 aromatic heterocycles. The average Bonchev–Trinajstić information content (AvgIpc) is 3.13. The van der Waals surface area contributed by atoms with Crippen LogP contribution in [-0.4, -0.2) is 36.7 Å². The Hall–Kier alpha value is -3.51. The van der Waals surface area contributed by atoms with E-state index in [1.807, 2.05) is 49.4 Å². The van der Waals surface area contributed by atoms with E-state index >= 15 is 0 Å². The van der Waals surface area contributed by atoms with E-state index in [0.717, 1.165) is 21.6 Å². The van der Waals surface area contributed by atoms with Crippen molar-refractivity contribution in [2.45, 2.75) is 31.8 Å². The van der Waals surface area contributed by atoms with Crippen molar-refractivity contribution in [2.75, 3.05) is 13.7 Å². The van der Waals surface area contributed by atoms with Crippen LogP contribution in [0.4, 0.5) is 4.79 Å². The minimum absolute atomic E-state index is 0.0630. The number of aryl methyl sites for hydroxylation is 1. The summed E-state index contributed by atoms with van der Waals surface area (Å²) >= 11 is 0. The van der Waals surface area contributed by atoms with E-state index in [1.165, 1.54) is 0 Å². The number of hydrogen-bond donors (Lipinski definition) is 0. The third-order valence-electron chi connectivity index (χ3n) is 5.17. The van der Waals surface area contributed by atoms with Crippen LogP contribution in [0.2, 0.25) is 0 Å². The van der Waals surface area contributed by atoms with E-state index in [0.29, 0.717) is 5.75 Å². The maximum absolute atomic E-state index is 13.3. The van der Waals surface area contributed by atoms with E-state index in [-0.39, 0.29) is 6.61 Å². The van der Waals surface area contributed by atoms with Gasteiger partial charge in [-0.05, 0) is 47.2 Å². The second kappa shape index (κ2) is 8.67. The monoisotopic (exact) mass is 394 g/mol. The summed E-state index contributed by atoms with van der Waals surface area (Å²) in [5, 5.41) is 3.74. The van der Waals surface area contributed by atoms with Gasteiger partial charge in [0, 0.05) is 4.91 Å². The number of imide groups is 1. The third kappa shape index (κ3) is 4.02. The van der Waals surface area contributed by atoms with Gasteiger partial charge in [0.25, 0.3) is 0 Å². The van der Waals surface area contributed by atoms with Crippen molar-refractivity contribution in [3.8, 4) is 5.75 Å². The second-order valence-corrected chi connectivity index (χ2v) is 6.87. The molecule has 2 aromatic carbocycles. The van der Waals surface area contributed by atoms with Crippen molar-refractivity contribution in [1.29, 1.82) is 0 Å². The first-order chi connectivity index (χ1) is 14.0. The number of cyclic esters (lactones) is 1. The van der Waals surface area contributed by atoms with Gasteiger partial charge in [-0.3, -0.25) is 4.79 Å². The van der Waals surface area contributed by atoms with Gasteiger partial charge in [-0.25, -0.2) is 9.69 Å². The lowest BCUT2D eigenvalue weighted by atomic mass is 9.89. The standard InChI is InChI=1S/C21H22N4O4/c1-13-11-16(28-3)9-10-17(13)14(2)19(23-24-22)20(26)25-18(12-29-21(25)27)15-7-5-4-6-8-15/h4-11,14,18-19H,12H2,1-3H3/t14-,18-,19-/m1/s1. The summed E-state index contributed by atoms with van der Waals surface area (Å²) in [6.45, 7) is 3.75. The molecule has 1 aliphatic heterocycles. The molecule has 3 rings (SSSR count). The number of rotatable bonds is 6. The van der Waals surface area contributed by atoms with E-state index in [9.17, 15) is 9.59 Å². The molecule has 8 heteroatoms. The van der Waals surface area contributed by atoms with E-state index in [1.54, 1.807) is 20.1 Å². The Labute approximate surface area is 168 Å². The summed E-state index contributed by atoms with van der Waals surface area (Å²) in [4.78, 5) is 29.6. The summed E-state index contributed by atoms with van der Waals surface area (Å²) in [6.07, 6.45) is -0.736. The molecule has 150 valence electrons. The average molecular weight is 394 g/mol. The minimum atomic E-state index is -1.09. The number of azide groups is 1. The zero-order valence-electron chi connectivity index (χ0n) is 16.5. The highest BCUT2D eigenvalue weighted by Crippen LogP contribution is 2.33. The van der Waals surface area contributed by atoms with E-state index < -0.39 is 30.0 Å². The molecule has 0 saturated carbocycles. The van der Waals surface area contributed by atoms with Crippen LogP contribution >= 0.6 is 0 Å². The van der Waals surface area contributed by atoms with Crippen LogP contribution in [0.15, 0.2) is 53.6 Å². The molecule has 0 unspecified atom stereocenters. The zero-order chi connectivity index (χ0) is 21.0. The fourth-order valence-electron chi connectivity index (χ4n) is 3.60. The van der Waals surface area contributed by atoms with Gasteiger partial charge in [-0.1, -0.05) is 48.4 Å². The van der Waals surface area contributed by atoms with Crippen LogP contribution in [0.5, 0.6) is 5.75 Å². The molecular weight excluding hydrogens is 372 g/mol.